The van der Waals surface area contributed by atoms with Crippen molar-refractivity contribution in [1.82, 2.24) is 0 Å². The number of hydrogen-bond donors (Lipinski definition) is 0. The zero-order chi connectivity index (χ0) is 23.1. The normalized spacial score (nSPS) is 21.8. The second-order valence-electron chi connectivity index (χ2n) is 9.51. The third kappa shape index (κ3) is 7.26. The Balaban J connectivity index is 1.96. The number of halogens is 3. The standard InChI is InChI=1S/C28H37F3/c1-18(2)17-26(29)22(6)21(5)11-7-19(3)10-14-24-15-16-25(28(31)27(24)30)23-12-8-20(4)9-13-23/h10,14-17,19-21,23H,1,6-9,11-13H2,2-5H3/b14-10+,26-17+. The first-order chi connectivity index (χ1) is 14.6. The van der Waals surface area contributed by atoms with Crippen LogP contribution in [0.1, 0.15) is 83.3 Å². The highest BCUT2D eigenvalue weighted by molar-refractivity contribution is 5.51. The Kier molecular flexibility index (Phi) is 9.40. The molecule has 0 N–H and O–H groups in total. The average molecular weight is 431 g/mol. The number of rotatable bonds is 9. The van der Waals surface area contributed by atoms with Gasteiger partial charge in [0.05, 0.1) is 0 Å². The topological polar surface area (TPSA) is 0 Å². The van der Waals surface area contributed by atoms with Crippen LogP contribution in [-0.4, -0.2) is 0 Å². The predicted octanol–water partition coefficient (Wildman–Crippen LogP) is 9.31. The van der Waals surface area contributed by atoms with Crippen LogP contribution < -0.4 is 0 Å². The van der Waals surface area contributed by atoms with E-state index >= 15 is 0 Å². The summed E-state index contributed by atoms with van der Waals surface area (Å²) in [5, 5.41) is 0. The van der Waals surface area contributed by atoms with Gasteiger partial charge < -0.3 is 0 Å². The molecular weight excluding hydrogens is 393 g/mol. The highest BCUT2D eigenvalue weighted by atomic mass is 19.2. The Morgan fingerprint density at radius 3 is 2.32 bits per heavy atom. The summed E-state index contributed by atoms with van der Waals surface area (Å²) in [4.78, 5) is 0. The van der Waals surface area contributed by atoms with Crippen molar-refractivity contribution < 1.29 is 13.2 Å². The minimum absolute atomic E-state index is 0.00174. The minimum atomic E-state index is -0.756. The summed E-state index contributed by atoms with van der Waals surface area (Å²) in [5.74, 6) is -0.827. The fourth-order valence-electron chi connectivity index (χ4n) is 4.19. The van der Waals surface area contributed by atoms with Gasteiger partial charge in [-0.15, -0.1) is 0 Å². The quantitative estimate of drug-likeness (QED) is 0.342. The Bertz CT molecular complexity index is 838. The molecule has 0 saturated heterocycles. The van der Waals surface area contributed by atoms with Crippen LogP contribution in [-0.2, 0) is 0 Å². The van der Waals surface area contributed by atoms with Crippen molar-refractivity contribution in [2.24, 2.45) is 17.8 Å². The third-order valence-electron chi connectivity index (χ3n) is 6.53. The molecule has 2 atom stereocenters. The monoisotopic (exact) mass is 430 g/mol. The van der Waals surface area contributed by atoms with Gasteiger partial charge in [-0.1, -0.05) is 76.6 Å². The molecule has 2 unspecified atom stereocenters. The van der Waals surface area contributed by atoms with E-state index in [0.717, 1.165) is 38.5 Å². The first kappa shape index (κ1) is 25.2. The van der Waals surface area contributed by atoms with Crippen molar-refractivity contribution in [3.8, 4) is 0 Å². The van der Waals surface area contributed by atoms with Gasteiger partial charge in [0, 0.05) is 5.56 Å². The SMILES string of the molecule is C=C(C)/C=C(/F)C(=C)C(C)CCC(C)/C=C/c1ccc(C2CCC(C)CC2)c(F)c1F. The molecular formula is C28H37F3. The Hall–Kier alpha value is -2.03. The van der Waals surface area contributed by atoms with E-state index in [-0.39, 0.29) is 29.1 Å². The smallest absolute Gasteiger partial charge is 0.166 e. The van der Waals surface area contributed by atoms with Crippen molar-refractivity contribution in [3.05, 3.63) is 77.2 Å². The van der Waals surface area contributed by atoms with E-state index in [1.807, 2.05) is 19.9 Å². The molecule has 170 valence electrons. The number of benzene rings is 1. The zero-order valence-corrected chi connectivity index (χ0v) is 19.5. The van der Waals surface area contributed by atoms with Crippen molar-refractivity contribution in [1.29, 1.82) is 0 Å². The summed E-state index contributed by atoms with van der Waals surface area (Å²) in [6.07, 6.45) is 10.5. The molecule has 1 saturated carbocycles. The lowest BCUT2D eigenvalue weighted by molar-refractivity contribution is 0.339. The van der Waals surface area contributed by atoms with Crippen LogP contribution in [0.25, 0.3) is 6.08 Å². The van der Waals surface area contributed by atoms with E-state index in [1.54, 1.807) is 25.1 Å². The molecule has 0 spiro atoms. The summed E-state index contributed by atoms with van der Waals surface area (Å²) in [5.41, 5.74) is 1.93. The van der Waals surface area contributed by atoms with Crippen molar-refractivity contribution >= 4 is 6.08 Å². The van der Waals surface area contributed by atoms with Crippen LogP contribution in [0.3, 0.4) is 0 Å². The predicted molar refractivity (Wildman–Crippen MR) is 126 cm³/mol. The van der Waals surface area contributed by atoms with Gasteiger partial charge in [-0.05, 0) is 73.5 Å². The van der Waals surface area contributed by atoms with E-state index in [4.69, 9.17) is 0 Å². The second-order valence-corrected chi connectivity index (χ2v) is 9.51. The molecule has 3 heteroatoms. The van der Waals surface area contributed by atoms with Crippen molar-refractivity contribution in [2.75, 3.05) is 0 Å². The van der Waals surface area contributed by atoms with Crippen LogP contribution in [0.2, 0.25) is 0 Å². The van der Waals surface area contributed by atoms with E-state index in [2.05, 4.69) is 20.1 Å². The molecule has 0 amide bonds. The fourth-order valence-corrected chi connectivity index (χ4v) is 4.19. The van der Waals surface area contributed by atoms with Crippen LogP contribution in [0, 0.1) is 29.4 Å². The molecule has 0 radical (unpaired) electrons. The molecule has 1 aliphatic carbocycles. The van der Waals surface area contributed by atoms with Crippen LogP contribution in [0.4, 0.5) is 13.2 Å². The van der Waals surface area contributed by atoms with Gasteiger partial charge in [0.25, 0.3) is 0 Å². The Morgan fingerprint density at radius 1 is 1.06 bits per heavy atom. The van der Waals surface area contributed by atoms with E-state index in [9.17, 15) is 13.2 Å². The number of allylic oxidation sites excluding steroid dienone is 5. The number of hydrogen-bond acceptors (Lipinski definition) is 0. The molecule has 0 aromatic heterocycles. The Labute approximate surface area is 186 Å². The molecule has 0 aliphatic heterocycles. The second kappa shape index (κ2) is 11.5. The largest absolute Gasteiger partial charge is 0.207 e. The van der Waals surface area contributed by atoms with Crippen LogP contribution in [0.15, 0.2) is 54.4 Å². The summed E-state index contributed by atoms with van der Waals surface area (Å²) in [7, 11) is 0. The maximum absolute atomic E-state index is 14.7. The summed E-state index contributed by atoms with van der Waals surface area (Å²) >= 11 is 0. The maximum Gasteiger partial charge on any atom is 0.166 e. The highest BCUT2D eigenvalue weighted by Gasteiger charge is 2.24. The molecule has 1 aromatic rings. The first-order valence-corrected chi connectivity index (χ1v) is 11.5. The van der Waals surface area contributed by atoms with Gasteiger partial charge in [0.1, 0.15) is 5.83 Å². The molecule has 1 aromatic carbocycles. The fraction of sp³-hybridized carbons (Fsp3) is 0.500. The van der Waals surface area contributed by atoms with Gasteiger partial charge in [0.2, 0.25) is 0 Å². The van der Waals surface area contributed by atoms with E-state index < -0.39 is 11.6 Å². The molecule has 31 heavy (non-hydrogen) atoms. The third-order valence-corrected chi connectivity index (χ3v) is 6.53. The Morgan fingerprint density at radius 2 is 1.71 bits per heavy atom. The maximum atomic E-state index is 14.7. The molecule has 0 heterocycles. The van der Waals surface area contributed by atoms with Gasteiger partial charge in [0.15, 0.2) is 11.6 Å². The lowest BCUT2D eigenvalue weighted by atomic mass is 9.79. The molecule has 2 rings (SSSR count). The van der Waals surface area contributed by atoms with E-state index in [0.29, 0.717) is 22.6 Å². The zero-order valence-electron chi connectivity index (χ0n) is 19.5. The van der Waals surface area contributed by atoms with Crippen LogP contribution in [0.5, 0.6) is 0 Å². The summed E-state index contributed by atoms with van der Waals surface area (Å²) < 4.78 is 43.4. The minimum Gasteiger partial charge on any atom is -0.207 e. The molecule has 1 fully saturated rings. The van der Waals surface area contributed by atoms with Crippen molar-refractivity contribution in [3.63, 3.8) is 0 Å². The van der Waals surface area contributed by atoms with Crippen molar-refractivity contribution in [2.45, 2.75) is 72.1 Å². The lowest BCUT2D eigenvalue weighted by Gasteiger charge is -2.27. The first-order valence-electron chi connectivity index (χ1n) is 11.5. The molecule has 0 nitrogen and oxygen atoms in total. The van der Waals surface area contributed by atoms with Gasteiger partial charge in [-0.2, -0.15) is 0 Å². The van der Waals surface area contributed by atoms with Crippen LogP contribution >= 0.6 is 0 Å². The average Bonchev–Trinajstić information content (AvgIpc) is 2.72. The lowest BCUT2D eigenvalue weighted by Crippen LogP contribution is -2.13. The molecule has 0 bridgehead atoms. The van der Waals surface area contributed by atoms with E-state index in [1.165, 1.54) is 6.08 Å². The van der Waals surface area contributed by atoms with Gasteiger partial charge in [-0.25, -0.2) is 13.2 Å². The van der Waals surface area contributed by atoms with Gasteiger partial charge >= 0.3 is 0 Å². The van der Waals surface area contributed by atoms with Gasteiger partial charge in [-0.3, -0.25) is 0 Å². The highest BCUT2D eigenvalue weighted by Crippen LogP contribution is 2.37. The summed E-state index contributed by atoms with van der Waals surface area (Å²) in [6, 6.07) is 3.45. The molecule has 1 aliphatic rings. The summed E-state index contributed by atoms with van der Waals surface area (Å²) in [6.45, 7) is 15.5.